The predicted molar refractivity (Wildman–Crippen MR) is 219 cm³/mol. The van der Waals surface area contributed by atoms with Crippen LogP contribution in [0.4, 0.5) is 0 Å². The second-order valence-corrected chi connectivity index (χ2v) is 17.0. The van der Waals surface area contributed by atoms with E-state index in [9.17, 15) is 9.46 Å². The lowest BCUT2D eigenvalue weighted by atomic mass is 10.1. The Labute approximate surface area is 319 Å². The van der Waals surface area contributed by atoms with Crippen LogP contribution in [0, 0.1) is 0 Å². The van der Waals surface area contributed by atoms with Crippen molar-refractivity contribution in [3.8, 4) is 0 Å². The number of rotatable bonds is 36. The third-order valence-corrected chi connectivity index (χ3v) is 10.0. The summed E-state index contributed by atoms with van der Waals surface area (Å²) in [5, 5.41) is 0.941. The van der Waals surface area contributed by atoms with Crippen LogP contribution in [0.2, 0.25) is 0 Å². The molecule has 7 nitrogen and oxygen atoms in total. The quantitative estimate of drug-likeness (QED) is 0.0205. The van der Waals surface area contributed by atoms with Crippen molar-refractivity contribution in [2.24, 2.45) is 0 Å². The molecule has 0 amide bonds. The van der Waals surface area contributed by atoms with E-state index >= 15 is 0 Å². The fourth-order valence-electron chi connectivity index (χ4n) is 5.23. The molecule has 0 radical (unpaired) electrons. The van der Waals surface area contributed by atoms with Gasteiger partial charge in [0.2, 0.25) is 0 Å². The zero-order valence-electron chi connectivity index (χ0n) is 32.8. The largest absolute Gasteiger partial charge is 0.756 e. The molecule has 294 valence electrons. The van der Waals surface area contributed by atoms with Gasteiger partial charge >= 0.3 is 0 Å². The SMILES string of the molecule is CCCCCCC/C=C\CCCCCCC(=S)OC[C@H](COP(=O)([O-])OCC[N+](C)(C)C)OC(=S)CCCCCC/C=C\CCCCCCC. The van der Waals surface area contributed by atoms with Crippen molar-refractivity contribution in [2.75, 3.05) is 47.5 Å². The maximum Gasteiger partial charge on any atom is 0.268 e. The topological polar surface area (TPSA) is 77.1 Å². The summed E-state index contributed by atoms with van der Waals surface area (Å²) in [6.07, 6.45) is 36.6. The Morgan fingerprint density at radius 2 is 1.04 bits per heavy atom. The number of thiocarbonyl (C=S) groups is 2. The summed E-state index contributed by atoms with van der Waals surface area (Å²) < 4.78 is 35.1. The van der Waals surface area contributed by atoms with Crippen LogP contribution in [0.1, 0.15) is 168 Å². The molecule has 0 aliphatic carbocycles. The van der Waals surface area contributed by atoms with Gasteiger partial charge in [-0.05, 0) is 88.6 Å². The number of ether oxygens (including phenoxy) is 2. The number of likely N-dealkylation sites (N-methyl/N-ethyl adjacent to an activating group) is 1. The van der Waals surface area contributed by atoms with Gasteiger partial charge in [0.05, 0.1) is 27.7 Å². The molecule has 0 bridgehead atoms. The average molecular weight is 762 g/mol. The Morgan fingerprint density at radius 1 is 0.620 bits per heavy atom. The van der Waals surface area contributed by atoms with Crippen molar-refractivity contribution in [1.82, 2.24) is 0 Å². The number of hydrogen-bond donors (Lipinski definition) is 0. The minimum absolute atomic E-state index is 0.0407. The fourth-order valence-corrected chi connectivity index (χ4v) is 6.45. The first-order chi connectivity index (χ1) is 24.0. The van der Waals surface area contributed by atoms with E-state index in [4.69, 9.17) is 43.0 Å². The van der Waals surface area contributed by atoms with Crippen LogP contribution in [0.5, 0.6) is 0 Å². The van der Waals surface area contributed by atoms with E-state index in [2.05, 4.69) is 38.2 Å². The van der Waals surface area contributed by atoms with Gasteiger partial charge in [-0.1, -0.05) is 115 Å². The van der Waals surface area contributed by atoms with Crippen LogP contribution in [0.15, 0.2) is 24.3 Å². The lowest BCUT2D eigenvalue weighted by molar-refractivity contribution is -0.870. The molecule has 50 heavy (non-hydrogen) atoms. The van der Waals surface area contributed by atoms with Crippen LogP contribution in [0.3, 0.4) is 0 Å². The number of nitrogens with zero attached hydrogens (tertiary/aromatic N) is 1. The Bertz CT molecular complexity index is 924. The van der Waals surface area contributed by atoms with E-state index < -0.39 is 13.9 Å². The first kappa shape index (κ1) is 49.3. The minimum Gasteiger partial charge on any atom is -0.756 e. The Morgan fingerprint density at radius 3 is 1.48 bits per heavy atom. The molecular weight excluding hydrogens is 686 g/mol. The lowest BCUT2D eigenvalue weighted by Gasteiger charge is -2.28. The molecule has 2 atom stereocenters. The second kappa shape index (κ2) is 34.1. The van der Waals surface area contributed by atoms with Crippen LogP contribution in [-0.2, 0) is 23.1 Å². The van der Waals surface area contributed by atoms with Crippen LogP contribution >= 0.6 is 32.3 Å². The van der Waals surface area contributed by atoms with Crippen molar-refractivity contribution in [3.05, 3.63) is 24.3 Å². The number of phosphoric acid groups is 1. The number of unbranched alkanes of at least 4 members (excludes halogenated alkanes) is 18. The summed E-state index contributed by atoms with van der Waals surface area (Å²) in [6.45, 7) is 4.90. The van der Waals surface area contributed by atoms with E-state index in [-0.39, 0.29) is 19.8 Å². The summed E-state index contributed by atoms with van der Waals surface area (Å²) >= 11 is 11.0. The zero-order chi connectivity index (χ0) is 37.2. The summed E-state index contributed by atoms with van der Waals surface area (Å²) in [4.78, 5) is 12.4. The van der Waals surface area contributed by atoms with Crippen molar-refractivity contribution in [2.45, 2.75) is 174 Å². The number of hydrogen-bond acceptors (Lipinski definition) is 8. The molecule has 0 spiro atoms. The second-order valence-electron chi connectivity index (χ2n) is 14.6. The minimum atomic E-state index is -4.50. The molecule has 0 aliphatic heterocycles. The number of allylic oxidation sites excluding steroid dienone is 4. The van der Waals surface area contributed by atoms with E-state index in [1.165, 1.54) is 96.3 Å². The Hall–Kier alpha value is -0.670. The standard InChI is InChI=1S/C40H76NO6PS2/c1-6-8-10-12-14-16-18-20-22-24-26-28-30-32-39(49)44-36-38(37-46-48(42,43)45-35-34-41(3,4)5)47-40(50)33-31-29-27-25-23-21-19-17-15-13-11-9-7-2/h18-21,38H,6-17,22-37H2,1-5H3/b20-18-,21-19-/t38-/m1/s1. The molecule has 0 fully saturated rings. The van der Waals surface area contributed by atoms with E-state index in [0.717, 1.165) is 44.9 Å². The molecule has 0 aromatic rings. The summed E-state index contributed by atoms with van der Waals surface area (Å²) in [6, 6.07) is 0. The maximum atomic E-state index is 12.4. The average Bonchev–Trinajstić information content (AvgIpc) is 3.06. The number of phosphoric ester groups is 1. The summed E-state index contributed by atoms with van der Waals surface area (Å²) in [7, 11) is 1.40. The third kappa shape index (κ3) is 37.1. The van der Waals surface area contributed by atoms with Gasteiger partial charge in [0.1, 0.15) is 19.8 Å². The van der Waals surface area contributed by atoms with Gasteiger partial charge < -0.3 is 27.9 Å². The molecule has 1 unspecified atom stereocenters. The molecule has 0 aliphatic rings. The first-order valence-corrected chi connectivity index (χ1v) is 22.3. The lowest BCUT2D eigenvalue weighted by Crippen LogP contribution is -2.37. The van der Waals surface area contributed by atoms with E-state index in [0.29, 0.717) is 34.0 Å². The highest BCUT2D eigenvalue weighted by molar-refractivity contribution is 7.80. The normalized spacial score (nSPS) is 14.0. The molecular formula is C40H76NO6PS2. The molecule has 0 aromatic heterocycles. The molecule has 0 saturated carbocycles. The van der Waals surface area contributed by atoms with Crippen LogP contribution < -0.4 is 4.89 Å². The third-order valence-electron chi connectivity index (χ3n) is 8.44. The Kier molecular flexibility index (Phi) is 33.7. The molecule has 0 aromatic carbocycles. The smallest absolute Gasteiger partial charge is 0.268 e. The summed E-state index contributed by atoms with van der Waals surface area (Å²) in [5.74, 6) is 0. The Balaban J connectivity index is 4.45. The fraction of sp³-hybridized carbons (Fsp3) is 0.850. The van der Waals surface area contributed by atoms with Gasteiger partial charge in [0.25, 0.3) is 7.82 Å². The van der Waals surface area contributed by atoms with Gasteiger partial charge in [-0.2, -0.15) is 0 Å². The monoisotopic (exact) mass is 761 g/mol. The highest BCUT2D eigenvalue weighted by Gasteiger charge is 2.20. The van der Waals surface area contributed by atoms with Crippen molar-refractivity contribution < 1.29 is 32.5 Å². The highest BCUT2D eigenvalue weighted by Crippen LogP contribution is 2.38. The van der Waals surface area contributed by atoms with Crippen LogP contribution in [0.25, 0.3) is 0 Å². The van der Waals surface area contributed by atoms with Gasteiger partial charge in [-0.15, -0.1) is 0 Å². The maximum absolute atomic E-state index is 12.4. The molecule has 0 N–H and O–H groups in total. The van der Waals surface area contributed by atoms with Crippen molar-refractivity contribution >= 4 is 42.4 Å². The molecule has 0 rings (SSSR count). The predicted octanol–water partition coefficient (Wildman–Crippen LogP) is 11.8. The van der Waals surface area contributed by atoms with Crippen LogP contribution in [-0.4, -0.2) is 68.2 Å². The van der Waals surface area contributed by atoms with E-state index in [1.54, 1.807) is 0 Å². The van der Waals surface area contributed by atoms with Gasteiger partial charge in [-0.3, -0.25) is 4.57 Å². The number of quaternary nitrogens is 1. The van der Waals surface area contributed by atoms with Gasteiger partial charge in [0, 0.05) is 12.8 Å². The molecule has 0 heterocycles. The summed E-state index contributed by atoms with van der Waals surface area (Å²) in [5.41, 5.74) is 0. The van der Waals surface area contributed by atoms with Crippen molar-refractivity contribution in [3.63, 3.8) is 0 Å². The highest BCUT2D eigenvalue weighted by atomic mass is 32.1. The van der Waals surface area contributed by atoms with Crippen molar-refractivity contribution in [1.29, 1.82) is 0 Å². The molecule has 10 heteroatoms. The molecule has 0 saturated heterocycles. The first-order valence-electron chi connectivity index (χ1n) is 20.0. The zero-order valence-corrected chi connectivity index (χ0v) is 35.4. The van der Waals surface area contributed by atoms with Gasteiger partial charge in [0.15, 0.2) is 16.2 Å². The van der Waals surface area contributed by atoms with E-state index in [1.807, 2.05) is 21.1 Å². The van der Waals surface area contributed by atoms with Gasteiger partial charge in [-0.25, -0.2) is 0 Å².